The number of nitrogens with zero attached hydrogens (tertiary/aromatic N) is 3. The number of carbonyl (C=O) groups is 1. The minimum absolute atomic E-state index is 0.123. The molecule has 0 spiro atoms. The third-order valence-electron chi connectivity index (χ3n) is 5.01. The maximum Gasteiger partial charge on any atom is 0.237 e. The Labute approximate surface area is 193 Å². The van der Waals surface area contributed by atoms with Crippen molar-refractivity contribution in [1.82, 2.24) is 14.8 Å². The van der Waals surface area contributed by atoms with Crippen molar-refractivity contribution < 1.29 is 13.2 Å². The second-order valence-corrected chi connectivity index (χ2v) is 10.7. The summed E-state index contributed by atoms with van der Waals surface area (Å²) in [5, 5.41) is 11.4. The normalized spacial score (nSPS) is 12.5. The van der Waals surface area contributed by atoms with Crippen molar-refractivity contribution in [3.63, 3.8) is 0 Å². The quantitative estimate of drug-likeness (QED) is 0.464. The van der Waals surface area contributed by atoms with Crippen LogP contribution in [0.3, 0.4) is 0 Å². The lowest BCUT2D eigenvalue weighted by Crippen LogP contribution is -2.25. The number of amides is 1. The van der Waals surface area contributed by atoms with E-state index in [1.165, 1.54) is 11.8 Å². The van der Waals surface area contributed by atoms with Gasteiger partial charge in [0.25, 0.3) is 0 Å². The van der Waals surface area contributed by atoms with Gasteiger partial charge in [-0.1, -0.05) is 48.5 Å². The first kappa shape index (κ1) is 24.0. The lowest BCUT2D eigenvalue weighted by atomic mass is 10.2. The van der Waals surface area contributed by atoms with Crippen molar-refractivity contribution in [3.8, 4) is 0 Å². The summed E-state index contributed by atoms with van der Waals surface area (Å²) in [7, 11) is -3.56. The van der Waals surface area contributed by atoms with Gasteiger partial charge in [-0.25, -0.2) is 8.42 Å². The number of carbonyl (C=O) groups excluding carboxylic acids is 1. The molecule has 1 aromatic heterocycles. The second-order valence-electron chi connectivity index (χ2n) is 7.59. The van der Waals surface area contributed by atoms with Crippen molar-refractivity contribution in [2.75, 3.05) is 5.32 Å². The average Bonchev–Trinajstić information content (AvgIpc) is 3.12. The van der Waals surface area contributed by atoms with Crippen LogP contribution in [0.2, 0.25) is 0 Å². The van der Waals surface area contributed by atoms with Crippen molar-refractivity contribution in [1.29, 1.82) is 0 Å². The number of nitrogens with one attached hydrogen (secondary N) is 1. The molecule has 0 radical (unpaired) electrons. The van der Waals surface area contributed by atoms with Gasteiger partial charge >= 0.3 is 0 Å². The molecule has 0 bridgehead atoms. The molecular weight excluding hydrogens is 444 g/mol. The van der Waals surface area contributed by atoms with Crippen LogP contribution < -0.4 is 5.32 Å². The Morgan fingerprint density at radius 2 is 1.78 bits per heavy atom. The molecule has 9 heteroatoms. The Morgan fingerprint density at radius 1 is 1.06 bits per heavy atom. The second kappa shape index (κ2) is 10.3. The van der Waals surface area contributed by atoms with E-state index in [1.807, 2.05) is 52.0 Å². The molecule has 0 aliphatic heterocycles. The van der Waals surface area contributed by atoms with Crippen LogP contribution in [0.4, 0.5) is 5.69 Å². The summed E-state index contributed by atoms with van der Waals surface area (Å²) in [4.78, 5) is 13.1. The highest BCUT2D eigenvalue weighted by Crippen LogP contribution is 2.27. The molecule has 0 fully saturated rings. The highest BCUT2D eigenvalue weighted by molar-refractivity contribution is 8.00. The maximum absolute atomic E-state index is 12.9. The van der Waals surface area contributed by atoms with E-state index in [0.717, 1.165) is 16.8 Å². The fourth-order valence-electron chi connectivity index (χ4n) is 3.22. The third-order valence-corrected chi connectivity index (χ3v) is 7.98. The van der Waals surface area contributed by atoms with Gasteiger partial charge in [-0.15, -0.1) is 10.2 Å². The van der Waals surface area contributed by atoms with Crippen molar-refractivity contribution in [2.24, 2.45) is 0 Å². The molecule has 32 heavy (non-hydrogen) atoms. The summed E-state index contributed by atoms with van der Waals surface area (Å²) in [6, 6.07) is 14.4. The van der Waals surface area contributed by atoms with Gasteiger partial charge in [0.05, 0.1) is 10.1 Å². The van der Waals surface area contributed by atoms with Crippen LogP contribution in [0.5, 0.6) is 0 Å². The van der Waals surface area contributed by atoms with Gasteiger partial charge in [-0.2, -0.15) is 0 Å². The molecule has 0 saturated carbocycles. The van der Waals surface area contributed by atoms with Crippen molar-refractivity contribution in [3.05, 3.63) is 65.5 Å². The first-order valence-electron chi connectivity index (χ1n) is 10.5. The molecule has 1 atom stereocenters. The van der Waals surface area contributed by atoms with Crippen LogP contribution in [-0.2, 0) is 26.9 Å². The van der Waals surface area contributed by atoms with Crippen molar-refractivity contribution >= 4 is 33.2 Å². The highest BCUT2D eigenvalue weighted by atomic mass is 32.2. The molecule has 1 unspecified atom stereocenters. The first-order chi connectivity index (χ1) is 15.2. The zero-order chi connectivity index (χ0) is 23.3. The van der Waals surface area contributed by atoms with E-state index in [2.05, 4.69) is 15.5 Å². The number of hydrogen-bond donors (Lipinski definition) is 1. The van der Waals surface area contributed by atoms with Gasteiger partial charge in [-0.05, 0) is 57.0 Å². The van der Waals surface area contributed by atoms with Crippen LogP contribution in [-0.4, -0.2) is 34.3 Å². The monoisotopic (exact) mass is 472 g/mol. The zero-order valence-corrected chi connectivity index (χ0v) is 20.3. The average molecular weight is 473 g/mol. The maximum atomic E-state index is 12.9. The van der Waals surface area contributed by atoms with Crippen LogP contribution in [0.15, 0.2) is 58.6 Å². The number of aromatic nitrogens is 3. The molecule has 0 saturated heterocycles. The number of thioether (sulfide) groups is 1. The smallest absolute Gasteiger partial charge is 0.237 e. The summed E-state index contributed by atoms with van der Waals surface area (Å²) in [5.41, 5.74) is 2.80. The Hall–Kier alpha value is -2.65. The van der Waals surface area contributed by atoms with Crippen LogP contribution in [0.1, 0.15) is 37.2 Å². The van der Waals surface area contributed by atoms with E-state index in [4.69, 9.17) is 0 Å². The number of rotatable bonds is 9. The van der Waals surface area contributed by atoms with Gasteiger partial charge in [0.1, 0.15) is 11.6 Å². The molecule has 1 heterocycles. The molecule has 0 aliphatic carbocycles. The molecule has 1 amide bonds. The van der Waals surface area contributed by atoms with Gasteiger partial charge < -0.3 is 9.88 Å². The molecule has 3 rings (SSSR count). The molecule has 0 aliphatic rings. The fourth-order valence-corrected chi connectivity index (χ4v) is 5.53. The van der Waals surface area contributed by atoms with Gasteiger partial charge in [-0.3, -0.25) is 4.79 Å². The van der Waals surface area contributed by atoms with E-state index >= 15 is 0 Å². The first-order valence-corrected chi connectivity index (χ1v) is 13.0. The molecule has 170 valence electrons. The highest BCUT2D eigenvalue weighted by Gasteiger charge is 2.25. The van der Waals surface area contributed by atoms with Crippen molar-refractivity contribution in [2.45, 2.75) is 61.7 Å². The predicted octanol–water partition coefficient (Wildman–Crippen LogP) is 4.40. The summed E-state index contributed by atoms with van der Waals surface area (Å²) in [5.74, 6) is -0.00360. The van der Waals surface area contributed by atoms with E-state index in [9.17, 15) is 13.2 Å². The lowest BCUT2D eigenvalue weighted by molar-refractivity contribution is -0.115. The standard InChI is InChI=1S/C23H28N4O3S2/c1-5-20(22(28)24-18-9-7-8-17(4)14-18)31-23-26-25-21(27(23)6-2)15-32(29,30)19-12-10-16(3)11-13-19/h7-14,20H,5-6,15H2,1-4H3,(H,24,28). The minimum Gasteiger partial charge on any atom is -0.325 e. The van der Waals surface area contributed by atoms with Gasteiger partial charge in [0.15, 0.2) is 15.0 Å². The Morgan fingerprint density at radius 3 is 2.41 bits per heavy atom. The Kier molecular flexibility index (Phi) is 7.73. The van der Waals surface area contributed by atoms with E-state index < -0.39 is 9.84 Å². The summed E-state index contributed by atoms with van der Waals surface area (Å²) in [6.45, 7) is 8.22. The molecule has 2 aromatic carbocycles. The van der Waals surface area contributed by atoms with E-state index in [0.29, 0.717) is 23.9 Å². The Bertz CT molecular complexity index is 1190. The topological polar surface area (TPSA) is 93.9 Å². The third kappa shape index (κ3) is 5.77. The van der Waals surface area contributed by atoms with Crippen LogP contribution >= 0.6 is 11.8 Å². The SMILES string of the molecule is CCC(Sc1nnc(CS(=O)(=O)c2ccc(C)cc2)n1CC)C(=O)Nc1cccc(C)c1. The predicted molar refractivity (Wildman–Crippen MR) is 128 cm³/mol. The number of hydrogen-bond acceptors (Lipinski definition) is 6. The Balaban J connectivity index is 1.77. The van der Waals surface area contributed by atoms with E-state index in [1.54, 1.807) is 28.8 Å². The summed E-state index contributed by atoms with van der Waals surface area (Å²) < 4.78 is 27.5. The number of sulfone groups is 1. The molecule has 3 aromatic rings. The minimum atomic E-state index is -3.56. The van der Waals surface area contributed by atoms with Crippen LogP contribution in [0, 0.1) is 13.8 Å². The fraction of sp³-hybridized carbons (Fsp3) is 0.348. The molecular formula is C23H28N4O3S2. The number of anilines is 1. The van der Waals surface area contributed by atoms with Gasteiger partial charge in [0, 0.05) is 12.2 Å². The largest absolute Gasteiger partial charge is 0.325 e. The van der Waals surface area contributed by atoms with Crippen LogP contribution in [0.25, 0.3) is 0 Å². The lowest BCUT2D eigenvalue weighted by Gasteiger charge is -2.15. The number of benzene rings is 2. The molecule has 7 nitrogen and oxygen atoms in total. The van der Waals surface area contributed by atoms with E-state index in [-0.39, 0.29) is 21.8 Å². The summed E-state index contributed by atoms with van der Waals surface area (Å²) in [6.07, 6.45) is 0.593. The number of aryl methyl sites for hydroxylation is 2. The summed E-state index contributed by atoms with van der Waals surface area (Å²) >= 11 is 1.30. The van der Waals surface area contributed by atoms with Gasteiger partial charge in [0.2, 0.25) is 5.91 Å². The molecule has 1 N–H and O–H groups in total. The zero-order valence-electron chi connectivity index (χ0n) is 18.7.